The van der Waals surface area contributed by atoms with Crippen LogP contribution in [0.5, 0.6) is 0 Å². The summed E-state index contributed by atoms with van der Waals surface area (Å²) in [6.45, 7) is 3.86. The molecule has 0 unspecified atom stereocenters. The van der Waals surface area contributed by atoms with Gasteiger partial charge in [0.05, 0.1) is 5.56 Å². The van der Waals surface area contributed by atoms with Gasteiger partial charge in [-0.3, -0.25) is 14.6 Å². The normalized spacial score (nSPS) is 20.7. The van der Waals surface area contributed by atoms with Gasteiger partial charge in [-0.2, -0.15) is 0 Å². The average molecular weight is 375 g/mol. The molecule has 28 heavy (non-hydrogen) atoms. The number of rotatable bonds is 2. The number of hydrogen-bond donors (Lipinski definition) is 1. The number of hydrogen-bond acceptors (Lipinski definition) is 4. The molecule has 1 amide bonds. The fourth-order valence-electron chi connectivity index (χ4n) is 4.59. The maximum Gasteiger partial charge on any atom is 0.261 e. The van der Waals surface area contributed by atoms with E-state index < -0.39 is 0 Å². The third kappa shape index (κ3) is 2.66. The third-order valence-electron chi connectivity index (χ3n) is 5.90. The third-order valence-corrected chi connectivity index (χ3v) is 5.90. The van der Waals surface area contributed by atoms with E-state index in [0.29, 0.717) is 36.6 Å². The first-order chi connectivity index (χ1) is 13.6. The molecule has 1 saturated heterocycles. The molecule has 3 aromatic heterocycles. The standard InChI is InChI=1S/C21H21N5O2/c1-13-9-22-5-4-16(13)20(27)25-10-14-8-15(12-25)18-3-2-17(19-23-6-7-24-19)21(28)26(18)11-14/h2-7,9,14-15H,8,10-12H2,1H3,(H,23,24)/t14-,15+/m0/s1. The number of nitrogens with zero attached hydrogens (tertiary/aromatic N) is 4. The second-order valence-electron chi connectivity index (χ2n) is 7.72. The lowest BCUT2D eigenvalue weighted by molar-refractivity contribution is 0.0594. The Balaban J connectivity index is 1.47. The van der Waals surface area contributed by atoms with E-state index in [2.05, 4.69) is 15.0 Å². The van der Waals surface area contributed by atoms with Crippen LogP contribution in [0.25, 0.3) is 11.4 Å². The number of aromatic nitrogens is 4. The first kappa shape index (κ1) is 16.9. The van der Waals surface area contributed by atoms with Gasteiger partial charge in [0.2, 0.25) is 0 Å². The zero-order chi connectivity index (χ0) is 19.3. The highest BCUT2D eigenvalue weighted by Gasteiger charge is 2.37. The fraction of sp³-hybridized carbons (Fsp3) is 0.333. The molecule has 142 valence electrons. The Bertz CT molecular complexity index is 1100. The van der Waals surface area contributed by atoms with Crippen molar-refractivity contribution in [2.24, 2.45) is 5.92 Å². The van der Waals surface area contributed by atoms with E-state index in [1.165, 1.54) is 0 Å². The van der Waals surface area contributed by atoms with Crippen LogP contribution < -0.4 is 5.56 Å². The topological polar surface area (TPSA) is 83.9 Å². The molecule has 3 aromatic rings. The lowest BCUT2D eigenvalue weighted by Gasteiger charge is -2.43. The van der Waals surface area contributed by atoms with Crippen molar-refractivity contribution in [2.45, 2.75) is 25.8 Å². The van der Waals surface area contributed by atoms with Crippen LogP contribution >= 0.6 is 0 Å². The predicted octanol–water partition coefficient (Wildman–Crippen LogP) is 2.20. The quantitative estimate of drug-likeness (QED) is 0.744. The lowest BCUT2D eigenvalue weighted by Crippen LogP contribution is -2.49. The molecule has 0 spiro atoms. The van der Waals surface area contributed by atoms with E-state index in [4.69, 9.17) is 0 Å². The van der Waals surface area contributed by atoms with Gasteiger partial charge in [0.1, 0.15) is 5.82 Å². The van der Waals surface area contributed by atoms with Crippen LogP contribution in [0.3, 0.4) is 0 Å². The van der Waals surface area contributed by atoms with Crippen LogP contribution in [0.1, 0.15) is 34.0 Å². The highest BCUT2D eigenvalue weighted by Crippen LogP contribution is 2.36. The summed E-state index contributed by atoms with van der Waals surface area (Å²) in [7, 11) is 0. The molecular formula is C21H21N5O2. The van der Waals surface area contributed by atoms with Gasteiger partial charge in [-0.25, -0.2) is 4.98 Å². The molecule has 5 rings (SSSR count). The minimum atomic E-state index is -0.00750. The first-order valence-electron chi connectivity index (χ1n) is 9.55. The number of likely N-dealkylation sites (tertiary alicyclic amines) is 1. The van der Waals surface area contributed by atoms with Gasteiger partial charge in [0, 0.05) is 61.6 Å². The van der Waals surface area contributed by atoms with Crippen LogP contribution in [0, 0.1) is 12.8 Å². The van der Waals surface area contributed by atoms with Gasteiger partial charge in [-0.1, -0.05) is 0 Å². The van der Waals surface area contributed by atoms with Gasteiger partial charge in [0.15, 0.2) is 0 Å². The molecule has 7 nitrogen and oxygen atoms in total. The number of H-pyrrole nitrogens is 1. The van der Waals surface area contributed by atoms with E-state index in [0.717, 1.165) is 17.7 Å². The summed E-state index contributed by atoms with van der Waals surface area (Å²) in [4.78, 5) is 39.4. The van der Waals surface area contributed by atoms with Crippen molar-refractivity contribution in [3.8, 4) is 11.4 Å². The molecule has 0 aliphatic carbocycles. The van der Waals surface area contributed by atoms with Crippen molar-refractivity contribution in [3.05, 3.63) is 70.2 Å². The second-order valence-corrected chi connectivity index (χ2v) is 7.72. The Hall–Kier alpha value is -3.22. The molecule has 0 saturated carbocycles. The van der Waals surface area contributed by atoms with E-state index in [-0.39, 0.29) is 23.3 Å². The maximum atomic E-state index is 13.1. The van der Waals surface area contributed by atoms with Gasteiger partial charge in [-0.15, -0.1) is 0 Å². The van der Waals surface area contributed by atoms with E-state index in [9.17, 15) is 9.59 Å². The van der Waals surface area contributed by atoms with Gasteiger partial charge >= 0.3 is 0 Å². The van der Waals surface area contributed by atoms with Crippen LogP contribution in [-0.2, 0) is 6.54 Å². The predicted molar refractivity (Wildman–Crippen MR) is 104 cm³/mol. The first-order valence-corrected chi connectivity index (χ1v) is 9.55. The minimum absolute atomic E-state index is 0.00750. The van der Waals surface area contributed by atoms with E-state index in [1.807, 2.05) is 28.5 Å². The van der Waals surface area contributed by atoms with Crippen LogP contribution in [0.4, 0.5) is 0 Å². The molecule has 2 bridgehead atoms. The van der Waals surface area contributed by atoms with Crippen molar-refractivity contribution >= 4 is 5.91 Å². The summed E-state index contributed by atoms with van der Waals surface area (Å²) in [5.74, 6) is 1.11. The van der Waals surface area contributed by atoms with Crippen molar-refractivity contribution in [2.75, 3.05) is 13.1 Å². The molecular weight excluding hydrogens is 354 g/mol. The largest absolute Gasteiger partial charge is 0.344 e. The Kier molecular flexibility index (Phi) is 3.89. The highest BCUT2D eigenvalue weighted by atomic mass is 16.2. The fourth-order valence-corrected chi connectivity index (χ4v) is 4.59. The number of pyridine rings is 2. The number of aromatic amines is 1. The lowest BCUT2D eigenvalue weighted by atomic mass is 9.82. The number of piperidine rings is 1. The summed E-state index contributed by atoms with van der Waals surface area (Å²) in [5, 5.41) is 0. The van der Waals surface area contributed by atoms with Crippen molar-refractivity contribution < 1.29 is 4.79 Å². The molecule has 1 N–H and O–H groups in total. The number of aryl methyl sites for hydroxylation is 1. The molecule has 2 atom stereocenters. The summed E-state index contributed by atoms with van der Waals surface area (Å²) in [6.07, 6.45) is 7.77. The molecule has 2 aliphatic heterocycles. The van der Waals surface area contributed by atoms with Gasteiger partial charge in [0.25, 0.3) is 11.5 Å². The van der Waals surface area contributed by atoms with Crippen LogP contribution in [0.15, 0.2) is 47.8 Å². The number of amides is 1. The van der Waals surface area contributed by atoms with Crippen molar-refractivity contribution in [1.82, 2.24) is 24.4 Å². The molecule has 2 aliphatic rings. The monoisotopic (exact) mass is 375 g/mol. The van der Waals surface area contributed by atoms with Crippen LogP contribution in [0.2, 0.25) is 0 Å². The maximum absolute atomic E-state index is 13.1. The van der Waals surface area contributed by atoms with Gasteiger partial charge in [-0.05, 0) is 43.0 Å². The number of nitrogens with one attached hydrogen (secondary N) is 1. The molecule has 1 fully saturated rings. The number of carbonyl (C=O) groups excluding carboxylic acids is 1. The molecule has 0 aromatic carbocycles. The van der Waals surface area contributed by atoms with E-state index in [1.54, 1.807) is 30.9 Å². The molecule has 5 heterocycles. The van der Waals surface area contributed by atoms with Crippen molar-refractivity contribution in [1.29, 1.82) is 0 Å². The Labute approximate surface area is 162 Å². The number of fused-ring (bicyclic) bond motifs is 4. The Morgan fingerprint density at radius 3 is 2.86 bits per heavy atom. The van der Waals surface area contributed by atoms with E-state index >= 15 is 0 Å². The second kappa shape index (κ2) is 6.44. The minimum Gasteiger partial charge on any atom is -0.344 e. The Morgan fingerprint density at radius 1 is 1.18 bits per heavy atom. The summed E-state index contributed by atoms with van der Waals surface area (Å²) in [6, 6.07) is 5.66. The number of imidazole rings is 1. The smallest absolute Gasteiger partial charge is 0.261 e. The SMILES string of the molecule is Cc1cnccc1C(=O)N1C[C@@H]2C[C@H](C1)c1ccc(-c3ncc[nH]3)c(=O)n1C2. The molecule has 7 heteroatoms. The summed E-state index contributed by atoms with van der Waals surface area (Å²) in [5.41, 5.74) is 3.20. The van der Waals surface area contributed by atoms with Gasteiger partial charge < -0.3 is 14.5 Å². The average Bonchev–Trinajstić information content (AvgIpc) is 3.23. The zero-order valence-corrected chi connectivity index (χ0v) is 15.6. The number of carbonyl (C=O) groups is 1. The van der Waals surface area contributed by atoms with Crippen LogP contribution in [-0.4, -0.2) is 43.4 Å². The van der Waals surface area contributed by atoms with Crippen molar-refractivity contribution in [3.63, 3.8) is 0 Å². The zero-order valence-electron chi connectivity index (χ0n) is 15.6. The highest BCUT2D eigenvalue weighted by molar-refractivity contribution is 5.95. The molecule has 0 radical (unpaired) electrons. The summed E-state index contributed by atoms with van der Waals surface area (Å²) < 4.78 is 1.89. The summed E-state index contributed by atoms with van der Waals surface area (Å²) >= 11 is 0. The Morgan fingerprint density at radius 2 is 2.07 bits per heavy atom.